The molecule has 0 saturated carbocycles. The molecule has 0 unspecified atom stereocenters. The summed E-state index contributed by atoms with van der Waals surface area (Å²) in [4.78, 5) is 13.5. The first-order valence-corrected chi connectivity index (χ1v) is 7.19. The van der Waals surface area contributed by atoms with Crippen molar-refractivity contribution in [3.8, 4) is 0 Å². The summed E-state index contributed by atoms with van der Waals surface area (Å²) in [5.41, 5.74) is 10.5. The quantitative estimate of drug-likeness (QED) is 0.746. The minimum Gasteiger partial charge on any atom is -0.399 e. The van der Waals surface area contributed by atoms with Gasteiger partial charge in [-0.05, 0) is 31.5 Å². The van der Waals surface area contributed by atoms with Crippen LogP contribution in [0, 0.1) is 6.92 Å². The Hall–Kier alpha value is -2.43. The van der Waals surface area contributed by atoms with Crippen LogP contribution in [0.2, 0.25) is 0 Å². The van der Waals surface area contributed by atoms with Crippen LogP contribution in [0.4, 0.5) is 5.69 Å². The molecule has 0 atom stereocenters. The summed E-state index contributed by atoms with van der Waals surface area (Å²) in [6, 6.07) is 5.86. The topological polar surface area (TPSA) is 69.6 Å². The van der Waals surface area contributed by atoms with E-state index in [4.69, 9.17) is 10.7 Å². The fraction of sp³-hybridized carbons (Fsp3) is 0.312. The number of fused-ring (bicyclic) bond motifs is 1. The molecule has 0 saturated heterocycles. The van der Waals surface area contributed by atoms with Gasteiger partial charge in [0.05, 0.1) is 35.2 Å². The summed E-state index contributed by atoms with van der Waals surface area (Å²) >= 11 is 0. The minimum absolute atomic E-state index is 0.684. The molecule has 0 aliphatic heterocycles. The number of rotatable bonds is 4. The first kappa shape index (κ1) is 13.5. The molecular formula is C16H19N5. The van der Waals surface area contributed by atoms with E-state index in [-0.39, 0.29) is 0 Å². The average molecular weight is 281 g/mol. The minimum atomic E-state index is 0.684. The highest BCUT2D eigenvalue weighted by Crippen LogP contribution is 2.21. The molecule has 0 aliphatic carbocycles. The predicted octanol–water partition coefficient (Wildman–Crippen LogP) is 2.72. The summed E-state index contributed by atoms with van der Waals surface area (Å²) in [6.45, 7) is 4.78. The maximum Gasteiger partial charge on any atom is 0.110 e. The summed E-state index contributed by atoms with van der Waals surface area (Å²) in [5, 5.41) is 0. The molecule has 2 aromatic heterocycles. The van der Waals surface area contributed by atoms with Gasteiger partial charge in [-0.15, -0.1) is 0 Å². The fourth-order valence-corrected chi connectivity index (χ4v) is 2.45. The van der Waals surface area contributed by atoms with Gasteiger partial charge in [0.2, 0.25) is 0 Å². The standard InChI is InChI=1S/C16H19N5/c1-3-4-16-20-14-7-12(17)5-6-15(14)21(16)10-13-9-18-11(2)8-19-13/h5-9H,3-4,10,17H2,1-2H3. The fourth-order valence-electron chi connectivity index (χ4n) is 2.45. The molecule has 21 heavy (non-hydrogen) atoms. The number of nitrogens with two attached hydrogens (primary N) is 1. The van der Waals surface area contributed by atoms with Crippen LogP contribution in [0.25, 0.3) is 11.0 Å². The molecule has 0 amide bonds. The largest absolute Gasteiger partial charge is 0.399 e. The summed E-state index contributed by atoms with van der Waals surface area (Å²) < 4.78 is 2.21. The Bertz CT molecular complexity index is 758. The normalized spacial score (nSPS) is 11.1. The van der Waals surface area contributed by atoms with Gasteiger partial charge in [0, 0.05) is 18.3 Å². The summed E-state index contributed by atoms with van der Waals surface area (Å²) in [5.74, 6) is 1.07. The average Bonchev–Trinajstić information content (AvgIpc) is 2.79. The van der Waals surface area contributed by atoms with Gasteiger partial charge in [-0.2, -0.15) is 0 Å². The molecule has 5 nitrogen and oxygen atoms in total. The molecule has 5 heteroatoms. The predicted molar refractivity (Wildman–Crippen MR) is 84.0 cm³/mol. The first-order valence-electron chi connectivity index (χ1n) is 7.19. The van der Waals surface area contributed by atoms with Crippen LogP contribution in [0.15, 0.2) is 30.6 Å². The molecule has 0 fully saturated rings. The number of hydrogen-bond acceptors (Lipinski definition) is 4. The lowest BCUT2D eigenvalue weighted by Gasteiger charge is -2.08. The maximum absolute atomic E-state index is 5.85. The summed E-state index contributed by atoms with van der Waals surface area (Å²) in [7, 11) is 0. The monoisotopic (exact) mass is 281 g/mol. The van der Waals surface area contributed by atoms with Crippen molar-refractivity contribution < 1.29 is 0 Å². The van der Waals surface area contributed by atoms with Crippen molar-refractivity contribution in [1.29, 1.82) is 0 Å². The Labute approximate surface area is 123 Å². The second kappa shape index (κ2) is 5.52. The van der Waals surface area contributed by atoms with Crippen LogP contribution in [0.5, 0.6) is 0 Å². The second-order valence-electron chi connectivity index (χ2n) is 5.26. The van der Waals surface area contributed by atoms with E-state index < -0.39 is 0 Å². The number of nitrogen functional groups attached to an aromatic ring is 1. The molecule has 0 bridgehead atoms. The van der Waals surface area contributed by atoms with E-state index in [1.165, 1.54) is 0 Å². The van der Waals surface area contributed by atoms with Crippen molar-refractivity contribution in [2.75, 3.05) is 5.73 Å². The van der Waals surface area contributed by atoms with E-state index in [0.717, 1.165) is 46.8 Å². The highest BCUT2D eigenvalue weighted by Gasteiger charge is 2.11. The van der Waals surface area contributed by atoms with Crippen molar-refractivity contribution in [3.63, 3.8) is 0 Å². The molecule has 2 heterocycles. The van der Waals surface area contributed by atoms with Crippen molar-refractivity contribution in [2.24, 2.45) is 0 Å². The van der Waals surface area contributed by atoms with Crippen LogP contribution in [0.1, 0.15) is 30.6 Å². The van der Waals surface area contributed by atoms with Crippen LogP contribution in [0.3, 0.4) is 0 Å². The lowest BCUT2D eigenvalue weighted by Crippen LogP contribution is -2.07. The van der Waals surface area contributed by atoms with Gasteiger partial charge in [0.25, 0.3) is 0 Å². The van der Waals surface area contributed by atoms with Crippen LogP contribution >= 0.6 is 0 Å². The first-order chi connectivity index (χ1) is 10.2. The van der Waals surface area contributed by atoms with Gasteiger partial charge in [-0.1, -0.05) is 6.92 Å². The van der Waals surface area contributed by atoms with Crippen LogP contribution in [-0.2, 0) is 13.0 Å². The Morgan fingerprint density at radius 2 is 2.05 bits per heavy atom. The molecule has 0 aliphatic rings. The van der Waals surface area contributed by atoms with Gasteiger partial charge >= 0.3 is 0 Å². The number of hydrogen-bond donors (Lipinski definition) is 1. The van der Waals surface area contributed by atoms with Crippen molar-refractivity contribution in [1.82, 2.24) is 19.5 Å². The molecule has 0 radical (unpaired) electrons. The Balaban J connectivity index is 2.06. The smallest absolute Gasteiger partial charge is 0.110 e. The van der Waals surface area contributed by atoms with E-state index in [2.05, 4.69) is 21.5 Å². The highest BCUT2D eigenvalue weighted by molar-refractivity contribution is 5.79. The highest BCUT2D eigenvalue weighted by atomic mass is 15.1. The number of aryl methyl sites for hydroxylation is 2. The SMILES string of the molecule is CCCc1nc2cc(N)ccc2n1Cc1cnc(C)cn1. The molecule has 2 N–H and O–H groups in total. The van der Waals surface area contributed by atoms with Gasteiger partial charge in [0.1, 0.15) is 5.82 Å². The zero-order chi connectivity index (χ0) is 14.8. The molecule has 3 aromatic rings. The molecule has 1 aromatic carbocycles. The lowest BCUT2D eigenvalue weighted by molar-refractivity contribution is 0.706. The zero-order valence-corrected chi connectivity index (χ0v) is 12.4. The van der Waals surface area contributed by atoms with E-state index in [1.54, 1.807) is 6.20 Å². The van der Waals surface area contributed by atoms with E-state index >= 15 is 0 Å². The van der Waals surface area contributed by atoms with Crippen LogP contribution in [-0.4, -0.2) is 19.5 Å². The van der Waals surface area contributed by atoms with Gasteiger partial charge in [-0.25, -0.2) is 4.98 Å². The van der Waals surface area contributed by atoms with E-state index in [1.807, 2.05) is 31.3 Å². The van der Waals surface area contributed by atoms with Gasteiger partial charge < -0.3 is 10.3 Å². The van der Waals surface area contributed by atoms with Crippen molar-refractivity contribution >= 4 is 16.7 Å². The number of benzene rings is 1. The number of nitrogens with zero attached hydrogens (tertiary/aromatic N) is 4. The van der Waals surface area contributed by atoms with Crippen LogP contribution < -0.4 is 5.73 Å². The van der Waals surface area contributed by atoms with Crippen molar-refractivity contribution in [2.45, 2.75) is 33.2 Å². The molecule has 108 valence electrons. The summed E-state index contributed by atoms with van der Waals surface area (Å²) in [6.07, 6.45) is 5.62. The number of anilines is 1. The molecular weight excluding hydrogens is 262 g/mol. The van der Waals surface area contributed by atoms with Gasteiger partial charge in [-0.3, -0.25) is 9.97 Å². The van der Waals surface area contributed by atoms with Gasteiger partial charge in [0.15, 0.2) is 0 Å². The number of aromatic nitrogens is 4. The van der Waals surface area contributed by atoms with E-state index in [9.17, 15) is 0 Å². The third-order valence-corrected chi connectivity index (χ3v) is 3.48. The third-order valence-electron chi connectivity index (χ3n) is 3.48. The van der Waals surface area contributed by atoms with Crippen molar-refractivity contribution in [3.05, 3.63) is 47.8 Å². The Kier molecular flexibility index (Phi) is 3.56. The second-order valence-corrected chi connectivity index (χ2v) is 5.26. The zero-order valence-electron chi connectivity index (χ0n) is 12.4. The maximum atomic E-state index is 5.85. The number of imidazole rings is 1. The van der Waals surface area contributed by atoms with E-state index in [0.29, 0.717) is 6.54 Å². The third kappa shape index (κ3) is 2.72. The molecule has 3 rings (SSSR count). The Morgan fingerprint density at radius 1 is 1.19 bits per heavy atom. The lowest BCUT2D eigenvalue weighted by atomic mass is 10.2. The Morgan fingerprint density at radius 3 is 2.76 bits per heavy atom. The molecule has 0 spiro atoms.